The summed E-state index contributed by atoms with van der Waals surface area (Å²) in [6, 6.07) is 0. The maximum Gasteiger partial charge on any atom is 0.187 e. The second-order valence-corrected chi connectivity index (χ2v) is 0. The van der Waals surface area contributed by atoms with Crippen molar-refractivity contribution >= 4 is 17.4 Å². The number of rotatable bonds is 0. The third-order valence-corrected chi connectivity index (χ3v) is 0. The van der Waals surface area contributed by atoms with Gasteiger partial charge < -0.3 is 27.4 Å². The van der Waals surface area contributed by atoms with E-state index in [2.05, 4.69) is 0 Å². The van der Waals surface area contributed by atoms with Crippen LogP contribution in [-0.4, -0.2) is 44.7 Å². The molecule has 9 heavy (non-hydrogen) atoms. The number of hydrogen-bond acceptors (Lipinski definition) is 0. The van der Waals surface area contributed by atoms with Crippen LogP contribution in [0.1, 0.15) is 0 Å². The van der Waals surface area contributed by atoms with Gasteiger partial charge in [-0.1, -0.05) is 0 Å². The molecule has 0 bridgehead atoms. The van der Waals surface area contributed by atoms with Crippen molar-refractivity contribution < 1.29 is 81.0 Å². The smallest absolute Gasteiger partial charge is 0.187 e. The molecule has 10 N–H and O–H groups in total. The monoisotopic (exact) mass is 280 g/mol. The molecule has 0 aromatic heterocycles. The normalized spacial score (nSPS) is 0. The zero-order valence-electron chi connectivity index (χ0n) is 3.71. The van der Waals surface area contributed by atoms with Crippen LogP contribution in [0, 0.1) is 0 Å². The Morgan fingerprint density at radius 1 is 0.444 bits per heavy atom. The molecule has 0 aromatic carbocycles. The summed E-state index contributed by atoms with van der Waals surface area (Å²) < 4.78 is 0. The van der Waals surface area contributed by atoms with Gasteiger partial charge in [-0.3, -0.25) is 0 Å². The van der Waals surface area contributed by atoms with E-state index in [1.807, 2.05) is 0 Å². The Morgan fingerprint density at radius 3 is 0.444 bits per heavy atom. The molecule has 0 fully saturated rings. The van der Waals surface area contributed by atoms with Gasteiger partial charge in [0.25, 0.3) is 0 Å². The molecule has 0 aliphatic rings. The van der Waals surface area contributed by atoms with Gasteiger partial charge in [0.05, 0.1) is 0 Å². The van der Waals surface area contributed by atoms with Crippen LogP contribution in [0.4, 0.5) is 0 Å². The van der Waals surface area contributed by atoms with E-state index >= 15 is 0 Å². The van der Waals surface area contributed by atoms with Gasteiger partial charge in [0, 0.05) is 53.6 Å². The first-order valence-electron chi connectivity index (χ1n) is 0. The van der Waals surface area contributed by atoms with Crippen LogP contribution in [0.5, 0.6) is 0 Å². The van der Waals surface area contributed by atoms with E-state index in [4.69, 9.17) is 0 Å². The Kier molecular flexibility index (Phi) is 6230. The topological polar surface area (TPSA) is 158 Å². The largest absolute Gasteiger partial charge is 0.412 e. The summed E-state index contributed by atoms with van der Waals surface area (Å²) in [5.74, 6) is 0. The zero-order valence-corrected chi connectivity index (χ0v) is 7.49. The average molecular weight is 281 g/mol. The van der Waals surface area contributed by atoms with Crippen molar-refractivity contribution in [2.24, 2.45) is 0 Å². The van der Waals surface area contributed by atoms with Gasteiger partial charge in [-0.05, 0) is 0 Å². The maximum atomic E-state index is 0. The molecule has 0 aliphatic heterocycles. The zero-order chi connectivity index (χ0) is 0. The molecule has 66 valence electrons. The molecular formula is H13AlNiO5V2. The quantitative estimate of drug-likeness (QED) is 0.388. The summed E-state index contributed by atoms with van der Waals surface area (Å²) in [6.07, 6.45) is 0. The van der Waals surface area contributed by atoms with E-state index in [1.54, 1.807) is 0 Å². The van der Waals surface area contributed by atoms with E-state index < -0.39 is 0 Å². The Labute approximate surface area is 97.7 Å². The maximum absolute atomic E-state index is 0. The molecule has 0 amide bonds. The minimum absolute atomic E-state index is 0. The van der Waals surface area contributed by atoms with Crippen LogP contribution < -0.4 is 0 Å². The van der Waals surface area contributed by atoms with Crippen molar-refractivity contribution in [3.05, 3.63) is 0 Å². The molecule has 0 saturated heterocycles. The number of hydrogen-bond donors (Lipinski definition) is 0. The Hall–Kier alpha value is 1.99. The fraction of sp³-hybridized carbons (Fsp3) is 0. The third kappa shape index (κ3) is 161. The molecule has 0 unspecified atom stereocenters. The van der Waals surface area contributed by atoms with Gasteiger partial charge in [-0.2, -0.15) is 0 Å². The Bertz CT molecular complexity index is 14.9. The molecule has 5 nitrogen and oxygen atoms in total. The summed E-state index contributed by atoms with van der Waals surface area (Å²) in [7, 11) is 0. The Morgan fingerprint density at radius 2 is 0.444 bits per heavy atom. The van der Waals surface area contributed by atoms with Crippen LogP contribution >= 0.6 is 0 Å². The predicted molar refractivity (Wildman–Crippen MR) is 28.0 cm³/mol. The summed E-state index contributed by atoms with van der Waals surface area (Å²) in [5.41, 5.74) is 0. The molecule has 0 heterocycles. The molecule has 2 radical (unpaired) electrons. The van der Waals surface area contributed by atoms with E-state index in [0.717, 1.165) is 0 Å². The van der Waals surface area contributed by atoms with E-state index in [1.165, 1.54) is 0 Å². The van der Waals surface area contributed by atoms with Crippen molar-refractivity contribution in [1.29, 1.82) is 0 Å². The van der Waals surface area contributed by atoms with Gasteiger partial charge >= 0.3 is 0 Å². The summed E-state index contributed by atoms with van der Waals surface area (Å²) in [6.45, 7) is 0. The predicted octanol–water partition coefficient (Wildman–Crippen LogP) is -5.31. The second-order valence-electron chi connectivity index (χ2n) is 0. The fourth-order valence-corrected chi connectivity index (χ4v) is 0. The van der Waals surface area contributed by atoms with Crippen LogP contribution in [-0.2, 0) is 53.6 Å². The van der Waals surface area contributed by atoms with Crippen molar-refractivity contribution in [2.75, 3.05) is 0 Å². The minimum atomic E-state index is 0. The summed E-state index contributed by atoms with van der Waals surface area (Å²) in [5, 5.41) is 0. The molecule has 0 rings (SSSR count). The van der Waals surface area contributed by atoms with Crippen molar-refractivity contribution in [3.8, 4) is 0 Å². The van der Waals surface area contributed by atoms with Crippen molar-refractivity contribution in [2.45, 2.75) is 0 Å². The van der Waals surface area contributed by atoms with Gasteiger partial charge in [0.15, 0.2) is 17.4 Å². The minimum Gasteiger partial charge on any atom is -0.412 e. The molecule has 0 aromatic rings. The molecule has 0 spiro atoms. The van der Waals surface area contributed by atoms with Gasteiger partial charge in [-0.15, -0.1) is 0 Å². The first kappa shape index (κ1) is 276. The van der Waals surface area contributed by atoms with Crippen molar-refractivity contribution in [3.63, 3.8) is 0 Å². The van der Waals surface area contributed by atoms with Crippen LogP contribution in [0.25, 0.3) is 0 Å². The first-order chi connectivity index (χ1) is 0. The molecule has 9 heteroatoms. The Balaban J connectivity index is 0. The van der Waals surface area contributed by atoms with Crippen LogP contribution in [0.2, 0.25) is 0 Å². The summed E-state index contributed by atoms with van der Waals surface area (Å²) in [4.78, 5) is 0. The van der Waals surface area contributed by atoms with Gasteiger partial charge in [0.1, 0.15) is 0 Å². The van der Waals surface area contributed by atoms with E-state index in [9.17, 15) is 0 Å². The first-order valence-corrected chi connectivity index (χ1v) is 0. The SMILES string of the molecule is O.O.O.O.O.[AlH3].[Ni].[V].[V]. The van der Waals surface area contributed by atoms with E-state index in [0.29, 0.717) is 0 Å². The van der Waals surface area contributed by atoms with Gasteiger partial charge in [-0.25, -0.2) is 0 Å². The van der Waals surface area contributed by atoms with Crippen molar-refractivity contribution in [1.82, 2.24) is 0 Å². The molecule has 0 saturated carbocycles. The second kappa shape index (κ2) is 203. The fourth-order valence-electron chi connectivity index (χ4n) is 0. The van der Waals surface area contributed by atoms with Gasteiger partial charge in [0.2, 0.25) is 0 Å². The summed E-state index contributed by atoms with van der Waals surface area (Å²) >= 11 is 0. The average Bonchev–Trinajstić information content (AvgIpc) is 0. The van der Waals surface area contributed by atoms with Crippen LogP contribution in [0.15, 0.2) is 0 Å². The standard InChI is InChI=1S/Al.Ni.5H2O.2V.3H/h;;5*1H2;;;;;. The molecule has 0 atom stereocenters. The van der Waals surface area contributed by atoms with E-state index in [-0.39, 0.29) is 98.3 Å². The molecular weight excluding hydrogens is 268 g/mol. The molecule has 0 aliphatic carbocycles. The van der Waals surface area contributed by atoms with Crippen LogP contribution in [0.3, 0.4) is 0 Å². The third-order valence-electron chi connectivity index (χ3n) is 0.